The summed E-state index contributed by atoms with van der Waals surface area (Å²) in [7, 11) is 1.95. The number of hydrogen-bond acceptors (Lipinski definition) is 3. The van der Waals surface area contributed by atoms with Crippen molar-refractivity contribution in [2.75, 3.05) is 26.7 Å². The van der Waals surface area contributed by atoms with Gasteiger partial charge in [-0.25, -0.2) is 0 Å². The van der Waals surface area contributed by atoms with Gasteiger partial charge in [-0.2, -0.15) is 0 Å². The molecule has 0 spiro atoms. The number of carbonyl (C=O) groups excluding carboxylic acids is 2. The largest absolute Gasteiger partial charge is 0.354 e. The molecule has 5 heteroatoms. The number of carbonyl (C=O) groups is 2. The van der Waals surface area contributed by atoms with Crippen molar-refractivity contribution in [2.24, 2.45) is 0 Å². The van der Waals surface area contributed by atoms with Crippen molar-refractivity contribution in [1.82, 2.24) is 15.5 Å². The molecule has 1 rings (SSSR count). The highest BCUT2D eigenvalue weighted by Crippen LogP contribution is 2.39. The molecule has 0 unspecified atom stereocenters. The minimum absolute atomic E-state index is 0.0920. The van der Waals surface area contributed by atoms with Crippen LogP contribution in [-0.4, -0.2) is 48.9 Å². The number of unbranched alkanes of at least 4 members (excludes halogenated alkanes) is 20. The van der Waals surface area contributed by atoms with Crippen molar-refractivity contribution in [3.8, 4) is 0 Å². The van der Waals surface area contributed by atoms with Crippen LogP contribution in [0.15, 0.2) is 36.5 Å². The van der Waals surface area contributed by atoms with Gasteiger partial charge in [-0.15, -0.1) is 0 Å². The van der Waals surface area contributed by atoms with Crippen molar-refractivity contribution in [3.63, 3.8) is 0 Å². The van der Waals surface area contributed by atoms with E-state index in [1.165, 1.54) is 128 Å². The molecule has 0 aromatic carbocycles. The summed E-state index contributed by atoms with van der Waals surface area (Å²) in [4.78, 5) is 29.1. The fraction of sp³-hybridized carbons (Fsp3) is 0.822. The van der Waals surface area contributed by atoms with Gasteiger partial charge < -0.3 is 15.5 Å². The highest BCUT2D eigenvalue weighted by Gasteiger charge is 2.50. The Kier molecular flexibility index (Phi) is 31.6. The topological polar surface area (TPSA) is 61.4 Å². The lowest BCUT2D eigenvalue weighted by atomic mass is 9.74. The van der Waals surface area contributed by atoms with E-state index in [4.69, 9.17) is 0 Å². The van der Waals surface area contributed by atoms with Crippen LogP contribution < -0.4 is 10.6 Å². The molecule has 1 aliphatic rings. The molecule has 0 aliphatic heterocycles. The SMILES string of the molecule is CCCCC/C=C\C/C=C\CCCCCCCC(=O)N(CCCNC)C1(C(=O)NCCCCCCCC/C=C\CCCCCCCC)CCC1. The number of nitrogens with one attached hydrogen (secondary N) is 2. The zero-order valence-corrected chi connectivity index (χ0v) is 33.6. The van der Waals surface area contributed by atoms with Gasteiger partial charge in [0.15, 0.2) is 0 Å². The number of hydrogen-bond donors (Lipinski definition) is 2. The zero-order chi connectivity index (χ0) is 36.2. The minimum atomic E-state index is -0.621. The summed E-state index contributed by atoms with van der Waals surface area (Å²) in [5, 5.41) is 6.47. The average Bonchev–Trinajstić information content (AvgIpc) is 3.10. The van der Waals surface area contributed by atoms with Crippen molar-refractivity contribution in [3.05, 3.63) is 36.5 Å². The fourth-order valence-electron chi connectivity index (χ4n) is 7.08. The van der Waals surface area contributed by atoms with E-state index in [9.17, 15) is 9.59 Å². The number of rotatable bonds is 36. The predicted molar refractivity (Wildman–Crippen MR) is 219 cm³/mol. The molecule has 2 N–H and O–H groups in total. The Morgan fingerprint density at radius 1 is 0.560 bits per heavy atom. The van der Waals surface area contributed by atoms with Gasteiger partial charge in [0.1, 0.15) is 5.54 Å². The third-order valence-electron chi connectivity index (χ3n) is 10.5. The van der Waals surface area contributed by atoms with Crippen LogP contribution in [0.4, 0.5) is 0 Å². The lowest BCUT2D eigenvalue weighted by Gasteiger charge is -2.49. The first-order valence-corrected chi connectivity index (χ1v) is 21.8. The van der Waals surface area contributed by atoms with E-state index in [1.54, 1.807) is 0 Å². The second-order valence-corrected chi connectivity index (χ2v) is 15.1. The number of amides is 2. The summed E-state index contributed by atoms with van der Waals surface area (Å²) >= 11 is 0. The summed E-state index contributed by atoms with van der Waals surface area (Å²) in [6, 6.07) is 0. The van der Waals surface area contributed by atoms with Crippen LogP contribution >= 0.6 is 0 Å². The maximum absolute atomic E-state index is 13.6. The number of nitrogens with zero attached hydrogens (tertiary/aromatic N) is 1. The van der Waals surface area contributed by atoms with Gasteiger partial charge in [0.05, 0.1) is 0 Å². The summed E-state index contributed by atoms with van der Waals surface area (Å²) in [6.45, 7) is 6.79. The van der Waals surface area contributed by atoms with Gasteiger partial charge in [-0.05, 0) is 110 Å². The molecule has 0 aromatic heterocycles. The minimum Gasteiger partial charge on any atom is -0.354 e. The summed E-state index contributed by atoms with van der Waals surface area (Å²) in [5.41, 5.74) is -0.621. The van der Waals surface area contributed by atoms with Crippen molar-refractivity contribution < 1.29 is 9.59 Å². The lowest BCUT2D eigenvalue weighted by molar-refractivity contribution is -0.154. The van der Waals surface area contributed by atoms with Crippen LogP contribution in [-0.2, 0) is 9.59 Å². The smallest absolute Gasteiger partial charge is 0.245 e. The molecule has 0 radical (unpaired) electrons. The molecule has 0 atom stereocenters. The van der Waals surface area contributed by atoms with Gasteiger partial charge in [0, 0.05) is 19.5 Å². The van der Waals surface area contributed by atoms with Crippen molar-refractivity contribution in [1.29, 1.82) is 0 Å². The van der Waals surface area contributed by atoms with E-state index in [0.717, 1.165) is 70.9 Å². The molecular weight excluding hydrogens is 615 g/mol. The molecular formula is C45H83N3O2. The quantitative estimate of drug-likeness (QED) is 0.0506. The predicted octanol–water partition coefficient (Wildman–Crippen LogP) is 12.3. The Morgan fingerprint density at radius 2 is 1.02 bits per heavy atom. The standard InChI is InChI=1S/C45H83N3O2/c1-4-6-8-10-12-14-16-18-20-22-24-26-28-30-32-34-41-47-44(50)45(38-35-39-45)48(42-36-40-46-3)43(49)37-33-31-29-27-25-23-21-19-17-15-13-11-9-7-5-2/h13,15,18-21,46H,4-12,14,16-17,22-42H2,1-3H3,(H,47,50)/b15-13-,20-18-,21-19-. The Hall–Kier alpha value is -1.88. The molecule has 2 amide bonds. The van der Waals surface area contributed by atoms with E-state index in [1.807, 2.05) is 11.9 Å². The molecule has 50 heavy (non-hydrogen) atoms. The third kappa shape index (κ3) is 23.6. The number of allylic oxidation sites excluding steroid dienone is 6. The van der Waals surface area contributed by atoms with E-state index in [-0.39, 0.29) is 11.8 Å². The monoisotopic (exact) mass is 698 g/mol. The molecule has 0 saturated heterocycles. The molecule has 1 saturated carbocycles. The van der Waals surface area contributed by atoms with E-state index >= 15 is 0 Å². The van der Waals surface area contributed by atoms with E-state index in [0.29, 0.717) is 13.0 Å². The Bertz CT molecular complexity index is 876. The molecule has 0 heterocycles. The highest BCUT2D eigenvalue weighted by atomic mass is 16.2. The Morgan fingerprint density at radius 3 is 1.54 bits per heavy atom. The maximum Gasteiger partial charge on any atom is 0.245 e. The average molecular weight is 698 g/mol. The van der Waals surface area contributed by atoms with Gasteiger partial charge in [-0.3, -0.25) is 9.59 Å². The molecule has 1 fully saturated rings. The lowest BCUT2D eigenvalue weighted by Crippen LogP contribution is -2.64. The molecule has 290 valence electrons. The second-order valence-electron chi connectivity index (χ2n) is 15.1. The maximum atomic E-state index is 13.6. The van der Waals surface area contributed by atoms with Crippen LogP contribution in [0.2, 0.25) is 0 Å². The van der Waals surface area contributed by atoms with Gasteiger partial charge in [0.2, 0.25) is 11.8 Å². The Balaban J connectivity index is 2.24. The van der Waals surface area contributed by atoms with Gasteiger partial charge in [-0.1, -0.05) is 140 Å². The molecule has 1 aliphatic carbocycles. The third-order valence-corrected chi connectivity index (χ3v) is 10.5. The zero-order valence-electron chi connectivity index (χ0n) is 33.6. The van der Waals surface area contributed by atoms with Gasteiger partial charge >= 0.3 is 0 Å². The molecule has 5 nitrogen and oxygen atoms in total. The molecule has 0 aromatic rings. The van der Waals surface area contributed by atoms with Crippen LogP contribution in [0.1, 0.15) is 206 Å². The first-order valence-electron chi connectivity index (χ1n) is 21.8. The summed E-state index contributed by atoms with van der Waals surface area (Å²) < 4.78 is 0. The normalized spacial score (nSPS) is 14.2. The second kappa shape index (κ2) is 34.2. The summed E-state index contributed by atoms with van der Waals surface area (Å²) in [5.74, 6) is 0.272. The van der Waals surface area contributed by atoms with Crippen LogP contribution in [0.3, 0.4) is 0 Å². The van der Waals surface area contributed by atoms with Crippen molar-refractivity contribution >= 4 is 11.8 Å². The Labute approximate surface area is 311 Å². The van der Waals surface area contributed by atoms with Crippen LogP contribution in [0, 0.1) is 0 Å². The highest BCUT2D eigenvalue weighted by molar-refractivity contribution is 5.92. The first-order chi connectivity index (χ1) is 24.6. The van der Waals surface area contributed by atoms with Crippen LogP contribution in [0.5, 0.6) is 0 Å². The fourth-order valence-corrected chi connectivity index (χ4v) is 7.08. The molecule has 0 bridgehead atoms. The van der Waals surface area contributed by atoms with E-state index in [2.05, 4.69) is 60.9 Å². The van der Waals surface area contributed by atoms with Crippen LogP contribution in [0.25, 0.3) is 0 Å². The van der Waals surface area contributed by atoms with E-state index < -0.39 is 5.54 Å². The van der Waals surface area contributed by atoms with Crippen molar-refractivity contribution in [2.45, 2.75) is 212 Å². The van der Waals surface area contributed by atoms with Gasteiger partial charge in [0.25, 0.3) is 0 Å². The summed E-state index contributed by atoms with van der Waals surface area (Å²) in [6.07, 6.45) is 49.1. The first kappa shape index (κ1) is 46.1.